The molecule has 0 saturated heterocycles. The van der Waals surface area contributed by atoms with Crippen molar-refractivity contribution >= 4 is 35.8 Å². The van der Waals surface area contributed by atoms with Gasteiger partial charge in [-0.15, -0.1) is 12.6 Å². The lowest BCUT2D eigenvalue weighted by molar-refractivity contribution is 0.0987. The molecule has 1 heterocycles. The van der Waals surface area contributed by atoms with Gasteiger partial charge in [0.15, 0.2) is 0 Å². The number of thiol groups is 1. The smallest absolute Gasteiger partial charge is 0.259 e. The number of amides is 1. The number of nitrogens with zero attached hydrogens (tertiary/aromatic N) is 1. The first kappa shape index (κ1) is 14.5. The number of benzene rings is 2. The average molecular weight is 318 g/mol. The van der Waals surface area contributed by atoms with Crippen LogP contribution in [-0.4, -0.2) is 12.5 Å². The molecule has 1 aliphatic heterocycles. The van der Waals surface area contributed by atoms with Crippen LogP contribution in [0.25, 0.3) is 0 Å². The van der Waals surface area contributed by atoms with Crippen LogP contribution in [0.3, 0.4) is 0 Å². The summed E-state index contributed by atoms with van der Waals surface area (Å²) in [6, 6.07) is 13.4. The molecule has 0 atom stereocenters. The normalized spacial score (nSPS) is 14.5. The summed E-state index contributed by atoms with van der Waals surface area (Å²) in [5, 5.41) is 0.472. The van der Waals surface area contributed by atoms with Gasteiger partial charge in [0.25, 0.3) is 5.91 Å². The van der Waals surface area contributed by atoms with Crippen molar-refractivity contribution in [3.63, 3.8) is 0 Å². The van der Waals surface area contributed by atoms with Crippen LogP contribution >= 0.6 is 24.2 Å². The minimum atomic E-state index is -0.0507. The largest absolute Gasteiger partial charge is 0.308 e. The Labute approximate surface area is 135 Å². The quantitative estimate of drug-likeness (QED) is 0.761. The summed E-state index contributed by atoms with van der Waals surface area (Å²) in [7, 11) is 0. The predicted molar refractivity (Wildman–Crippen MR) is 89.8 cm³/mol. The number of carbonyl (C=O) groups excluding carboxylic acids is 1. The Balaban J connectivity index is 2.03. The molecule has 0 radical (unpaired) electrons. The van der Waals surface area contributed by atoms with Crippen molar-refractivity contribution in [3.05, 3.63) is 58.6 Å². The number of fused-ring (bicyclic) bond motifs is 1. The molecule has 1 amide bonds. The predicted octanol–water partition coefficient (Wildman–Crippen LogP) is 4.61. The molecule has 0 bridgehead atoms. The zero-order valence-electron chi connectivity index (χ0n) is 11.6. The first-order chi connectivity index (χ1) is 10.2. The maximum atomic E-state index is 12.9. The van der Waals surface area contributed by atoms with Crippen molar-refractivity contribution in [2.75, 3.05) is 11.4 Å². The van der Waals surface area contributed by atoms with E-state index in [-0.39, 0.29) is 5.91 Å². The van der Waals surface area contributed by atoms with Crippen LogP contribution in [0.15, 0.2) is 47.4 Å². The highest BCUT2D eigenvalue weighted by molar-refractivity contribution is 7.80. The SMILES string of the molecule is O=C(c1cc(S)ccc1Cl)N1CCCCc2ccccc21. The number of carbonyl (C=O) groups is 1. The van der Waals surface area contributed by atoms with Gasteiger partial charge < -0.3 is 4.90 Å². The summed E-state index contributed by atoms with van der Waals surface area (Å²) in [5.41, 5.74) is 2.74. The second-order valence-electron chi connectivity index (χ2n) is 5.21. The zero-order valence-corrected chi connectivity index (χ0v) is 13.2. The van der Waals surface area contributed by atoms with Crippen LogP contribution in [0.4, 0.5) is 5.69 Å². The maximum absolute atomic E-state index is 12.9. The second-order valence-corrected chi connectivity index (χ2v) is 6.13. The van der Waals surface area contributed by atoms with Crippen LogP contribution in [-0.2, 0) is 6.42 Å². The lowest BCUT2D eigenvalue weighted by atomic mass is 10.1. The van der Waals surface area contributed by atoms with Gasteiger partial charge in [-0.2, -0.15) is 0 Å². The van der Waals surface area contributed by atoms with Crippen LogP contribution in [0.1, 0.15) is 28.8 Å². The Morgan fingerprint density at radius 1 is 1.14 bits per heavy atom. The van der Waals surface area contributed by atoms with Crippen molar-refractivity contribution in [2.24, 2.45) is 0 Å². The lowest BCUT2D eigenvalue weighted by Crippen LogP contribution is -2.32. The molecule has 0 fully saturated rings. The first-order valence-corrected chi connectivity index (χ1v) is 7.87. The molecule has 21 heavy (non-hydrogen) atoms. The van der Waals surface area contributed by atoms with Crippen LogP contribution in [0, 0.1) is 0 Å². The van der Waals surface area contributed by atoms with Crippen molar-refractivity contribution in [2.45, 2.75) is 24.2 Å². The molecule has 0 aromatic heterocycles. The molecule has 108 valence electrons. The van der Waals surface area contributed by atoms with E-state index >= 15 is 0 Å². The summed E-state index contributed by atoms with van der Waals surface area (Å²) in [5.74, 6) is -0.0507. The number of rotatable bonds is 1. The Hall–Kier alpha value is -1.45. The molecule has 0 N–H and O–H groups in total. The molecular formula is C17H16ClNOS. The van der Waals surface area contributed by atoms with Gasteiger partial charge in [0.2, 0.25) is 0 Å². The summed E-state index contributed by atoms with van der Waals surface area (Å²) < 4.78 is 0. The molecule has 0 saturated carbocycles. The topological polar surface area (TPSA) is 20.3 Å². The van der Waals surface area contributed by atoms with Crippen molar-refractivity contribution in [3.8, 4) is 0 Å². The third-order valence-electron chi connectivity index (χ3n) is 3.79. The molecule has 2 nitrogen and oxygen atoms in total. The fraction of sp³-hybridized carbons (Fsp3) is 0.235. The number of anilines is 1. The summed E-state index contributed by atoms with van der Waals surface area (Å²) in [6.45, 7) is 0.725. The van der Waals surface area contributed by atoms with Crippen LogP contribution in [0.5, 0.6) is 0 Å². The highest BCUT2D eigenvalue weighted by Crippen LogP contribution is 2.29. The number of hydrogen-bond donors (Lipinski definition) is 1. The fourth-order valence-electron chi connectivity index (χ4n) is 2.72. The Morgan fingerprint density at radius 3 is 2.81 bits per heavy atom. The van der Waals surface area contributed by atoms with Crippen LogP contribution in [0.2, 0.25) is 5.02 Å². The van der Waals surface area contributed by atoms with E-state index in [4.69, 9.17) is 11.6 Å². The highest BCUT2D eigenvalue weighted by atomic mass is 35.5. The summed E-state index contributed by atoms with van der Waals surface area (Å²) in [4.78, 5) is 15.5. The van der Waals surface area contributed by atoms with Crippen molar-refractivity contribution < 1.29 is 4.79 Å². The van der Waals surface area contributed by atoms with E-state index in [0.29, 0.717) is 10.6 Å². The minimum Gasteiger partial charge on any atom is -0.308 e. The molecular weight excluding hydrogens is 302 g/mol. The van der Waals surface area contributed by atoms with E-state index in [2.05, 4.69) is 18.7 Å². The fourth-order valence-corrected chi connectivity index (χ4v) is 3.13. The van der Waals surface area contributed by atoms with Gasteiger partial charge in [0.1, 0.15) is 0 Å². The minimum absolute atomic E-state index is 0.0507. The van der Waals surface area contributed by atoms with Crippen molar-refractivity contribution in [1.29, 1.82) is 0 Å². The molecule has 3 rings (SSSR count). The third-order valence-corrected chi connectivity index (χ3v) is 4.39. The van der Waals surface area contributed by atoms with Gasteiger partial charge in [0.05, 0.1) is 10.6 Å². The molecule has 0 unspecified atom stereocenters. The second kappa shape index (κ2) is 6.12. The zero-order chi connectivity index (χ0) is 14.8. The molecule has 0 spiro atoms. The number of para-hydroxylation sites is 1. The Morgan fingerprint density at radius 2 is 1.95 bits per heavy atom. The molecule has 4 heteroatoms. The first-order valence-electron chi connectivity index (χ1n) is 7.05. The van der Waals surface area contributed by atoms with Gasteiger partial charge in [-0.3, -0.25) is 4.79 Å². The standard InChI is InChI=1S/C17H16ClNOS/c18-15-9-8-13(21)11-14(15)17(20)19-10-4-3-6-12-5-1-2-7-16(12)19/h1-2,5,7-9,11,21H,3-4,6,10H2. The molecule has 2 aromatic carbocycles. The number of aryl methyl sites for hydroxylation is 1. The van der Waals surface area contributed by atoms with Gasteiger partial charge in [-0.1, -0.05) is 29.8 Å². The van der Waals surface area contributed by atoms with E-state index in [9.17, 15) is 4.79 Å². The number of halogens is 1. The van der Waals surface area contributed by atoms with E-state index < -0.39 is 0 Å². The van der Waals surface area contributed by atoms with Gasteiger partial charge in [0, 0.05) is 17.1 Å². The van der Waals surface area contributed by atoms with E-state index in [1.54, 1.807) is 18.2 Å². The monoisotopic (exact) mass is 317 g/mol. The number of hydrogen-bond acceptors (Lipinski definition) is 2. The van der Waals surface area contributed by atoms with E-state index in [1.165, 1.54) is 5.56 Å². The van der Waals surface area contributed by atoms with Crippen LogP contribution < -0.4 is 4.90 Å². The highest BCUT2D eigenvalue weighted by Gasteiger charge is 2.23. The Kier molecular flexibility index (Phi) is 4.22. The molecule has 0 aliphatic carbocycles. The summed E-state index contributed by atoms with van der Waals surface area (Å²) >= 11 is 10.5. The van der Waals surface area contributed by atoms with Gasteiger partial charge in [-0.05, 0) is 49.1 Å². The third kappa shape index (κ3) is 2.94. The molecule has 1 aliphatic rings. The van der Waals surface area contributed by atoms with E-state index in [0.717, 1.165) is 36.4 Å². The van der Waals surface area contributed by atoms with Gasteiger partial charge in [-0.25, -0.2) is 0 Å². The maximum Gasteiger partial charge on any atom is 0.259 e. The van der Waals surface area contributed by atoms with E-state index in [1.807, 2.05) is 23.1 Å². The summed E-state index contributed by atoms with van der Waals surface area (Å²) in [6.07, 6.45) is 3.11. The lowest BCUT2D eigenvalue weighted by Gasteiger charge is -2.23. The Bertz CT molecular complexity index is 686. The van der Waals surface area contributed by atoms with Gasteiger partial charge >= 0.3 is 0 Å². The molecule has 2 aromatic rings. The average Bonchev–Trinajstić information content (AvgIpc) is 2.71. The van der Waals surface area contributed by atoms with Crippen molar-refractivity contribution in [1.82, 2.24) is 0 Å².